The smallest absolute Gasteiger partial charge is 0.324 e. The Balaban J connectivity index is 1.37. The van der Waals surface area contributed by atoms with E-state index in [9.17, 15) is 4.79 Å². The molecule has 2 N–H and O–H groups in total. The van der Waals surface area contributed by atoms with Gasteiger partial charge in [-0.3, -0.25) is 5.32 Å². The number of aromatic nitrogens is 2. The van der Waals surface area contributed by atoms with E-state index in [-0.39, 0.29) is 6.03 Å². The van der Waals surface area contributed by atoms with E-state index in [0.29, 0.717) is 29.1 Å². The standard InChI is InChI=1S/C29H32ClN5O2/c1-19-4-6-22(17-24(19)21-11-14-34(2)15-12-21)35-28(10-13-31-35)33-29(36)32-27-9-8-26(30)23-7-5-20(18-37-3)16-25(23)27/h4-10,13,16-17,21H,11-12,14-15,18H2,1-3H3,(H2,32,33,36). The minimum atomic E-state index is -0.356. The van der Waals surface area contributed by atoms with Crippen LogP contribution in [0.4, 0.5) is 16.3 Å². The molecule has 0 bridgehead atoms. The lowest BCUT2D eigenvalue weighted by Gasteiger charge is -2.30. The lowest BCUT2D eigenvalue weighted by molar-refractivity contribution is 0.185. The molecule has 1 aliphatic heterocycles. The van der Waals surface area contributed by atoms with Gasteiger partial charge in [0.15, 0.2) is 0 Å². The zero-order valence-corrected chi connectivity index (χ0v) is 22.2. The number of carbonyl (C=O) groups is 1. The molecule has 1 aromatic heterocycles. The zero-order valence-electron chi connectivity index (χ0n) is 21.4. The number of anilines is 2. The number of hydrogen-bond acceptors (Lipinski definition) is 4. The average Bonchev–Trinajstić information content (AvgIpc) is 3.35. The molecule has 1 aliphatic rings. The Kier molecular flexibility index (Phi) is 7.46. The van der Waals surface area contributed by atoms with Crippen LogP contribution in [-0.4, -0.2) is 48.0 Å². The maximum absolute atomic E-state index is 13.1. The average molecular weight is 518 g/mol. The van der Waals surface area contributed by atoms with Crippen LogP contribution in [0.15, 0.2) is 60.8 Å². The summed E-state index contributed by atoms with van der Waals surface area (Å²) in [7, 11) is 3.83. The van der Waals surface area contributed by atoms with Gasteiger partial charge in [-0.05, 0) is 92.8 Å². The molecular formula is C29H32ClN5O2. The molecule has 7 nitrogen and oxygen atoms in total. The van der Waals surface area contributed by atoms with E-state index in [1.54, 1.807) is 30.1 Å². The van der Waals surface area contributed by atoms with Crippen LogP contribution in [0, 0.1) is 6.92 Å². The predicted molar refractivity (Wildman–Crippen MR) is 150 cm³/mol. The highest BCUT2D eigenvalue weighted by Gasteiger charge is 2.21. The quantitative estimate of drug-likeness (QED) is 0.303. The Bertz CT molecular complexity index is 1430. The van der Waals surface area contributed by atoms with Crippen LogP contribution < -0.4 is 10.6 Å². The minimum Gasteiger partial charge on any atom is -0.380 e. The number of aryl methyl sites for hydroxylation is 1. The summed E-state index contributed by atoms with van der Waals surface area (Å²) in [5.41, 5.74) is 5.25. The Labute approximate surface area is 222 Å². The van der Waals surface area contributed by atoms with E-state index in [1.165, 1.54) is 11.1 Å². The fourth-order valence-electron chi connectivity index (χ4n) is 5.12. The van der Waals surface area contributed by atoms with E-state index < -0.39 is 0 Å². The van der Waals surface area contributed by atoms with Gasteiger partial charge in [0, 0.05) is 29.0 Å². The molecule has 3 aromatic carbocycles. The number of urea groups is 1. The number of piperidine rings is 1. The zero-order chi connectivity index (χ0) is 25.9. The summed E-state index contributed by atoms with van der Waals surface area (Å²) in [5.74, 6) is 1.13. The molecule has 2 amide bonds. The number of likely N-dealkylation sites (tertiary alicyclic amines) is 1. The van der Waals surface area contributed by atoms with Crippen LogP contribution in [0.5, 0.6) is 0 Å². The second-order valence-electron chi connectivity index (χ2n) is 9.73. The van der Waals surface area contributed by atoms with Crippen LogP contribution in [-0.2, 0) is 11.3 Å². The van der Waals surface area contributed by atoms with Gasteiger partial charge in [0.1, 0.15) is 5.82 Å². The molecule has 0 aliphatic carbocycles. The number of hydrogen-bond donors (Lipinski definition) is 2. The highest BCUT2D eigenvalue weighted by Crippen LogP contribution is 2.33. The molecular weight excluding hydrogens is 486 g/mol. The van der Waals surface area contributed by atoms with Crippen molar-refractivity contribution in [1.82, 2.24) is 14.7 Å². The molecule has 192 valence electrons. The first-order valence-corrected chi connectivity index (χ1v) is 12.9. The number of amides is 2. The molecule has 1 fully saturated rings. The fourth-order valence-corrected chi connectivity index (χ4v) is 5.34. The van der Waals surface area contributed by atoms with Crippen LogP contribution in [0.25, 0.3) is 16.5 Å². The lowest BCUT2D eigenvalue weighted by atomic mass is 9.87. The molecule has 0 spiro atoms. The number of fused-ring (bicyclic) bond motifs is 1. The van der Waals surface area contributed by atoms with Crippen molar-refractivity contribution in [2.45, 2.75) is 32.3 Å². The van der Waals surface area contributed by atoms with Crippen molar-refractivity contribution >= 4 is 39.9 Å². The van der Waals surface area contributed by atoms with Crippen molar-refractivity contribution < 1.29 is 9.53 Å². The molecule has 8 heteroatoms. The maximum atomic E-state index is 13.1. The molecule has 0 atom stereocenters. The highest BCUT2D eigenvalue weighted by molar-refractivity contribution is 6.36. The molecule has 4 aromatic rings. The van der Waals surface area contributed by atoms with Crippen LogP contribution in [0.1, 0.15) is 35.4 Å². The predicted octanol–water partition coefficient (Wildman–Crippen LogP) is 6.59. The van der Waals surface area contributed by atoms with Crippen molar-refractivity contribution in [3.05, 3.63) is 82.5 Å². The van der Waals surface area contributed by atoms with Crippen molar-refractivity contribution in [3.8, 4) is 5.69 Å². The molecule has 0 saturated carbocycles. The Hall–Kier alpha value is -3.39. The molecule has 1 saturated heterocycles. The summed E-state index contributed by atoms with van der Waals surface area (Å²) in [4.78, 5) is 15.5. The van der Waals surface area contributed by atoms with Gasteiger partial charge < -0.3 is 15.0 Å². The number of nitrogens with zero attached hydrogens (tertiary/aromatic N) is 3. The second kappa shape index (κ2) is 10.9. The fraction of sp³-hybridized carbons (Fsp3) is 0.310. The maximum Gasteiger partial charge on any atom is 0.324 e. The van der Waals surface area contributed by atoms with Gasteiger partial charge in [-0.1, -0.05) is 29.8 Å². The molecule has 37 heavy (non-hydrogen) atoms. The third-order valence-electron chi connectivity index (χ3n) is 7.14. The second-order valence-corrected chi connectivity index (χ2v) is 10.1. The number of benzene rings is 3. The molecule has 2 heterocycles. The number of nitrogens with one attached hydrogen (secondary N) is 2. The molecule has 0 unspecified atom stereocenters. The van der Waals surface area contributed by atoms with Crippen molar-refractivity contribution in [2.24, 2.45) is 0 Å². The summed E-state index contributed by atoms with van der Waals surface area (Å²) in [6, 6.07) is 17.4. The largest absolute Gasteiger partial charge is 0.380 e. The van der Waals surface area contributed by atoms with E-state index in [4.69, 9.17) is 16.3 Å². The monoisotopic (exact) mass is 517 g/mol. The van der Waals surface area contributed by atoms with Crippen LogP contribution >= 0.6 is 11.6 Å². The normalized spacial score (nSPS) is 14.7. The first-order valence-electron chi connectivity index (χ1n) is 12.5. The first kappa shape index (κ1) is 25.3. The van der Waals surface area contributed by atoms with Crippen LogP contribution in [0.3, 0.4) is 0 Å². The van der Waals surface area contributed by atoms with E-state index in [1.807, 2.05) is 30.3 Å². The van der Waals surface area contributed by atoms with Crippen molar-refractivity contribution in [3.63, 3.8) is 0 Å². The SMILES string of the molecule is COCc1ccc2c(Cl)ccc(NC(=O)Nc3ccnn3-c3ccc(C)c(C4CCN(C)CC4)c3)c2c1. The third kappa shape index (κ3) is 5.49. The molecule has 0 radical (unpaired) electrons. The first-order chi connectivity index (χ1) is 17.9. The van der Waals surface area contributed by atoms with Gasteiger partial charge in [0.2, 0.25) is 0 Å². The summed E-state index contributed by atoms with van der Waals surface area (Å²) in [6.45, 7) is 4.86. The van der Waals surface area contributed by atoms with Gasteiger partial charge >= 0.3 is 6.03 Å². The number of ether oxygens (including phenoxy) is 1. The summed E-state index contributed by atoms with van der Waals surface area (Å²) in [5, 5.41) is 12.8. The number of halogens is 1. The minimum absolute atomic E-state index is 0.356. The highest BCUT2D eigenvalue weighted by atomic mass is 35.5. The summed E-state index contributed by atoms with van der Waals surface area (Å²) in [6.07, 6.45) is 3.99. The lowest BCUT2D eigenvalue weighted by Crippen LogP contribution is -2.29. The Morgan fingerprint density at radius 3 is 2.65 bits per heavy atom. The summed E-state index contributed by atoms with van der Waals surface area (Å²) >= 11 is 6.41. The van der Waals surface area contributed by atoms with Gasteiger partial charge in [-0.2, -0.15) is 5.10 Å². The van der Waals surface area contributed by atoms with Crippen molar-refractivity contribution in [2.75, 3.05) is 37.9 Å². The van der Waals surface area contributed by atoms with E-state index in [0.717, 1.165) is 48.0 Å². The van der Waals surface area contributed by atoms with Gasteiger partial charge in [-0.15, -0.1) is 0 Å². The van der Waals surface area contributed by atoms with E-state index >= 15 is 0 Å². The van der Waals surface area contributed by atoms with Gasteiger partial charge in [-0.25, -0.2) is 9.48 Å². The van der Waals surface area contributed by atoms with E-state index in [2.05, 4.69) is 46.7 Å². The Morgan fingerprint density at radius 1 is 1.05 bits per heavy atom. The van der Waals surface area contributed by atoms with Gasteiger partial charge in [0.25, 0.3) is 0 Å². The van der Waals surface area contributed by atoms with Crippen molar-refractivity contribution in [1.29, 1.82) is 0 Å². The number of rotatable bonds is 6. The molecule has 5 rings (SSSR count). The third-order valence-corrected chi connectivity index (χ3v) is 7.47. The summed E-state index contributed by atoms with van der Waals surface area (Å²) < 4.78 is 7.04. The number of methoxy groups -OCH3 is 1. The van der Waals surface area contributed by atoms with Gasteiger partial charge in [0.05, 0.1) is 24.2 Å². The Morgan fingerprint density at radius 2 is 1.86 bits per heavy atom. The number of carbonyl (C=O) groups excluding carboxylic acids is 1. The van der Waals surface area contributed by atoms with Crippen LogP contribution in [0.2, 0.25) is 5.02 Å². The topological polar surface area (TPSA) is 71.4 Å².